The van der Waals surface area contributed by atoms with Crippen LogP contribution in [0.5, 0.6) is 0 Å². The van der Waals surface area contributed by atoms with Crippen molar-refractivity contribution in [1.82, 2.24) is 4.90 Å². The highest BCUT2D eigenvalue weighted by Gasteiger charge is 2.22. The van der Waals surface area contributed by atoms with Gasteiger partial charge in [-0.1, -0.05) is 25.7 Å². The average molecular weight is 223 g/mol. The van der Waals surface area contributed by atoms with Gasteiger partial charge in [-0.25, -0.2) is 0 Å². The Morgan fingerprint density at radius 1 is 1.19 bits per heavy atom. The standard InChI is InChI=1S/C13H21NO2/c15-12-7-9-14(10-8-12)13(16)6-5-11-3-1-2-4-11/h11H,1-10H2. The lowest BCUT2D eigenvalue weighted by molar-refractivity contribution is -0.134. The van der Waals surface area contributed by atoms with Gasteiger partial charge in [0.25, 0.3) is 0 Å². The van der Waals surface area contributed by atoms with E-state index in [1.165, 1.54) is 25.7 Å². The lowest BCUT2D eigenvalue weighted by atomic mass is 10.0. The molecule has 1 aliphatic heterocycles. The Balaban J connectivity index is 1.68. The molecule has 0 aromatic rings. The summed E-state index contributed by atoms with van der Waals surface area (Å²) in [6.45, 7) is 1.31. The van der Waals surface area contributed by atoms with Gasteiger partial charge in [-0.2, -0.15) is 0 Å². The van der Waals surface area contributed by atoms with E-state index in [0.717, 1.165) is 12.3 Å². The SMILES string of the molecule is O=C1CCN(C(=O)CCC2CCCC2)CC1. The van der Waals surface area contributed by atoms with Crippen LogP contribution in [-0.2, 0) is 9.59 Å². The van der Waals surface area contributed by atoms with Gasteiger partial charge in [0.05, 0.1) is 0 Å². The Morgan fingerprint density at radius 2 is 1.81 bits per heavy atom. The first kappa shape index (κ1) is 11.6. The fourth-order valence-electron chi connectivity index (χ4n) is 2.79. The first-order valence-electron chi connectivity index (χ1n) is 6.55. The Kier molecular flexibility index (Phi) is 3.97. The third-order valence-electron chi connectivity index (χ3n) is 3.92. The van der Waals surface area contributed by atoms with Crippen LogP contribution in [0.15, 0.2) is 0 Å². The van der Waals surface area contributed by atoms with Gasteiger partial charge in [0, 0.05) is 32.4 Å². The van der Waals surface area contributed by atoms with Crippen molar-refractivity contribution in [2.75, 3.05) is 13.1 Å². The highest BCUT2D eigenvalue weighted by Crippen LogP contribution is 2.28. The van der Waals surface area contributed by atoms with Crippen molar-refractivity contribution in [2.24, 2.45) is 5.92 Å². The van der Waals surface area contributed by atoms with E-state index >= 15 is 0 Å². The predicted octanol–water partition coefficient (Wildman–Crippen LogP) is 2.15. The summed E-state index contributed by atoms with van der Waals surface area (Å²) in [4.78, 5) is 24.8. The maximum Gasteiger partial charge on any atom is 0.222 e. The van der Waals surface area contributed by atoms with Crippen LogP contribution in [0.25, 0.3) is 0 Å². The summed E-state index contributed by atoms with van der Waals surface area (Å²) < 4.78 is 0. The largest absolute Gasteiger partial charge is 0.342 e. The van der Waals surface area contributed by atoms with E-state index < -0.39 is 0 Å². The van der Waals surface area contributed by atoms with Crippen molar-refractivity contribution in [3.63, 3.8) is 0 Å². The maximum absolute atomic E-state index is 11.9. The van der Waals surface area contributed by atoms with E-state index in [1.807, 2.05) is 4.90 Å². The van der Waals surface area contributed by atoms with E-state index in [-0.39, 0.29) is 5.91 Å². The number of carbonyl (C=O) groups is 2. The highest BCUT2D eigenvalue weighted by atomic mass is 16.2. The van der Waals surface area contributed by atoms with Crippen LogP contribution in [0.1, 0.15) is 51.4 Å². The first-order chi connectivity index (χ1) is 7.75. The number of amides is 1. The molecule has 2 fully saturated rings. The monoisotopic (exact) mass is 223 g/mol. The molecule has 3 heteroatoms. The minimum absolute atomic E-state index is 0.263. The van der Waals surface area contributed by atoms with Crippen molar-refractivity contribution in [3.8, 4) is 0 Å². The van der Waals surface area contributed by atoms with Gasteiger partial charge >= 0.3 is 0 Å². The number of likely N-dealkylation sites (tertiary alicyclic amines) is 1. The lowest BCUT2D eigenvalue weighted by Crippen LogP contribution is -2.38. The zero-order valence-corrected chi connectivity index (χ0v) is 9.91. The van der Waals surface area contributed by atoms with Gasteiger partial charge in [-0.15, -0.1) is 0 Å². The molecule has 0 aromatic carbocycles. The minimum Gasteiger partial charge on any atom is -0.342 e. The Bertz CT molecular complexity index is 259. The van der Waals surface area contributed by atoms with Gasteiger partial charge in [-0.3, -0.25) is 9.59 Å². The van der Waals surface area contributed by atoms with Crippen LogP contribution < -0.4 is 0 Å². The molecule has 0 spiro atoms. The highest BCUT2D eigenvalue weighted by molar-refractivity contribution is 5.83. The topological polar surface area (TPSA) is 37.4 Å². The number of rotatable bonds is 3. The molecule has 1 saturated carbocycles. The van der Waals surface area contributed by atoms with Crippen LogP contribution in [0.3, 0.4) is 0 Å². The molecular weight excluding hydrogens is 202 g/mol. The van der Waals surface area contributed by atoms with Gasteiger partial charge in [-0.05, 0) is 12.3 Å². The van der Waals surface area contributed by atoms with Crippen molar-refractivity contribution >= 4 is 11.7 Å². The quantitative estimate of drug-likeness (QED) is 0.735. The molecule has 0 unspecified atom stereocenters. The molecule has 1 aliphatic carbocycles. The second-order valence-corrected chi connectivity index (χ2v) is 5.11. The van der Waals surface area contributed by atoms with Gasteiger partial charge in [0.15, 0.2) is 0 Å². The maximum atomic E-state index is 11.9. The zero-order valence-electron chi connectivity index (χ0n) is 9.91. The first-order valence-corrected chi connectivity index (χ1v) is 6.55. The minimum atomic E-state index is 0.263. The number of piperidine rings is 1. The third-order valence-corrected chi connectivity index (χ3v) is 3.92. The van der Waals surface area contributed by atoms with Gasteiger partial charge < -0.3 is 4.90 Å². The van der Waals surface area contributed by atoms with E-state index in [2.05, 4.69) is 0 Å². The van der Waals surface area contributed by atoms with E-state index in [1.54, 1.807) is 0 Å². The van der Waals surface area contributed by atoms with Crippen LogP contribution in [-0.4, -0.2) is 29.7 Å². The van der Waals surface area contributed by atoms with Gasteiger partial charge in [0.2, 0.25) is 5.91 Å². The molecule has 1 heterocycles. The molecule has 2 rings (SSSR count). The molecule has 3 nitrogen and oxygen atoms in total. The van der Waals surface area contributed by atoms with Gasteiger partial charge in [0.1, 0.15) is 5.78 Å². The average Bonchev–Trinajstić information content (AvgIpc) is 2.80. The smallest absolute Gasteiger partial charge is 0.222 e. The summed E-state index contributed by atoms with van der Waals surface area (Å²) in [5, 5.41) is 0. The second-order valence-electron chi connectivity index (χ2n) is 5.11. The Labute approximate surface area is 97.2 Å². The molecular formula is C13H21NO2. The molecule has 1 amide bonds. The normalized spacial score (nSPS) is 22.8. The Morgan fingerprint density at radius 3 is 2.44 bits per heavy atom. The fourth-order valence-corrected chi connectivity index (χ4v) is 2.79. The molecule has 0 bridgehead atoms. The number of hydrogen-bond acceptors (Lipinski definition) is 2. The van der Waals surface area contributed by atoms with Crippen LogP contribution >= 0.6 is 0 Å². The zero-order chi connectivity index (χ0) is 11.4. The van der Waals surface area contributed by atoms with Crippen LogP contribution in [0.2, 0.25) is 0 Å². The molecule has 2 aliphatic rings. The number of hydrogen-bond donors (Lipinski definition) is 0. The van der Waals surface area contributed by atoms with Crippen molar-refractivity contribution in [1.29, 1.82) is 0 Å². The molecule has 1 saturated heterocycles. The number of carbonyl (C=O) groups excluding carboxylic acids is 2. The second kappa shape index (κ2) is 5.46. The third kappa shape index (κ3) is 3.06. The number of Topliss-reactive ketones (excluding diaryl/α,β-unsaturated/α-hetero) is 1. The molecule has 0 aromatic heterocycles. The van der Waals surface area contributed by atoms with E-state index in [4.69, 9.17) is 0 Å². The van der Waals surface area contributed by atoms with Crippen molar-refractivity contribution in [2.45, 2.75) is 51.4 Å². The summed E-state index contributed by atoms with van der Waals surface area (Å²) in [6, 6.07) is 0. The van der Waals surface area contributed by atoms with E-state index in [0.29, 0.717) is 38.1 Å². The van der Waals surface area contributed by atoms with E-state index in [9.17, 15) is 9.59 Å². The van der Waals surface area contributed by atoms with Crippen molar-refractivity contribution in [3.05, 3.63) is 0 Å². The molecule has 90 valence electrons. The molecule has 16 heavy (non-hydrogen) atoms. The molecule has 0 radical (unpaired) electrons. The van der Waals surface area contributed by atoms with Crippen molar-refractivity contribution < 1.29 is 9.59 Å². The molecule has 0 N–H and O–H groups in total. The Hall–Kier alpha value is -0.860. The van der Waals surface area contributed by atoms with Crippen LogP contribution in [0.4, 0.5) is 0 Å². The number of ketones is 1. The summed E-state index contributed by atoms with van der Waals surface area (Å²) in [7, 11) is 0. The molecule has 0 atom stereocenters. The summed E-state index contributed by atoms with van der Waals surface area (Å²) in [6.07, 6.45) is 8.19. The summed E-state index contributed by atoms with van der Waals surface area (Å²) >= 11 is 0. The lowest BCUT2D eigenvalue weighted by Gasteiger charge is -2.26. The predicted molar refractivity (Wildman–Crippen MR) is 62.0 cm³/mol. The number of nitrogens with zero attached hydrogens (tertiary/aromatic N) is 1. The summed E-state index contributed by atoms with van der Waals surface area (Å²) in [5.74, 6) is 1.36. The fraction of sp³-hybridized carbons (Fsp3) is 0.846. The summed E-state index contributed by atoms with van der Waals surface area (Å²) in [5.41, 5.74) is 0. The van der Waals surface area contributed by atoms with Crippen LogP contribution in [0, 0.1) is 5.92 Å².